The molecular formula is C30H26Cl2N3O4P. The van der Waals surface area contributed by atoms with E-state index in [2.05, 4.69) is 5.32 Å². The van der Waals surface area contributed by atoms with Gasteiger partial charge in [-0.3, -0.25) is 9.48 Å². The number of hydrogen-bond acceptors (Lipinski definition) is 5. The Hall–Kier alpha value is -3.90. The Bertz CT molecular complexity index is 1680. The highest BCUT2D eigenvalue weighted by Crippen LogP contribution is 2.61. The Kier molecular flexibility index (Phi) is 8.08. The van der Waals surface area contributed by atoms with Crippen molar-refractivity contribution in [2.45, 2.75) is 12.7 Å². The van der Waals surface area contributed by atoms with Crippen LogP contribution < -0.4 is 19.9 Å². The molecule has 0 spiro atoms. The summed E-state index contributed by atoms with van der Waals surface area (Å²) in [5, 5.41) is 3.84. The van der Waals surface area contributed by atoms with Gasteiger partial charge in [-0.2, -0.15) is 0 Å². The molecule has 5 rings (SSSR count). The molecule has 0 saturated heterocycles. The molecule has 0 radical (unpaired) electrons. The maximum Gasteiger partial charge on any atom is 0.457 e. The van der Waals surface area contributed by atoms with Crippen LogP contribution in [0.4, 0.5) is 5.69 Å². The Labute approximate surface area is 242 Å². The number of anilines is 1. The predicted octanol–water partition coefficient (Wildman–Crippen LogP) is 8.25. The summed E-state index contributed by atoms with van der Waals surface area (Å²) in [4.78, 5) is 13.8. The van der Waals surface area contributed by atoms with E-state index in [0.717, 1.165) is 0 Å². The van der Waals surface area contributed by atoms with E-state index in [4.69, 9.17) is 32.2 Å². The smallest absolute Gasteiger partial charge is 0.414 e. The molecule has 204 valence electrons. The van der Waals surface area contributed by atoms with Gasteiger partial charge in [0, 0.05) is 22.7 Å². The molecule has 0 aliphatic carbocycles. The van der Waals surface area contributed by atoms with Gasteiger partial charge in [-0.25, -0.2) is 9.25 Å². The Balaban J connectivity index is 1.69. The zero-order valence-electron chi connectivity index (χ0n) is 21.7. The van der Waals surface area contributed by atoms with Gasteiger partial charge in [0.25, 0.3) is 5.56 Å². The number of nitrogens with one attached hydrogen (secondary N) is 1. The first-order valence-electron chi connectivity index (χ1n) is 12.4. The van der Waals surface area contributed by atoms with E-state index in [1.165, 1.54) is 4.68 Å². The number of nitrogens with zero attached hydrogens (tertiary/aromatic N) is 2. The van der Waals surface area contributed by atoms with Gasteiger partial charge in [-0.05, 0) is 55.5 Å². The highest BCUT2D eigenvalue weighted by molar-refractivity contribution is 7.55. The molecule has 1 aromatic heterocycles. The summed E-state index contributed by atoms with van der Waals surface area (Å²) >= 11 is 12.9. The van der Waals surface area contributed by atoms with E-state index in [1.807, 2.05) is 42.5 Å². The molecule has 0 amide bonds. The lowest BCUT2D eigenvalue weighted by molar-refractivity contribution is 0.376. The summed E-state index contributed by atoms with van der Waals surface area (Å²) in [6.45, 7) is 1.80. The van der Waals surface area contributed by atoms with Gasteiger partial charge in [-0.15, -0.1) is 0 Å². The van der Waals surface area contributed by atoms with Crippen molar-refractivity contribution in [3.05, 3.63) is 141 Å². The van der Waals surface area contributed by atoms with Gasteiger partial charge >= 0.3 is 7.60 Å². The molecule has 1 N–H and O–H groups in total. The van der Waals surface area contributed by atoms with Crippen LogP contribution in [0.2, 0.25) is 10.0 Å². The second-order valence-corrected chi connectivity index (χ2v) is 11.8. The molecule has 0 fully saturated rings. The van der Waals surface area contributed by atoms with Crippen molar-refractivity contribution in [1.82, 2.24) is 9.36 Å². The molecule has 1 unspecified atom stereocenters. The predicted molar refractivity (Wildman–Crippen MR) is 160 cm³/mol. The van der Waals surface area contributed by atoms with Crippen LogP contribution in [0.5, 0.6) is 11.5 Å². The number of halogens is 2. The Morgan fingerprint density at radius 3 is 1.85 bits per heavy atom. The van der Waals surface area contributed by atoms with Crippen molar-refractivity contribution in [2.24, 2.45) is 7.05 Å². The van der Waals surface area contributed by atoms with Crippen LogP contribution in [0.3, 0.4) is 0 Å². The average Bonchev–Trinajstić information content (AvgIpc) is 3.16. The van der Waals surface area contributed by atoms with Crippen molar-refractivity contribution in [3.63, 3.8) is 0 Å². The molecule has 0 aliphatic rings. The van der Waals surface area contributed by atoms with Crippen LogP contribution in [0.1, 0.15) is 17.0 Å². The van der Waals surface area contributed by atoms with Crippen LogP contribution >= 0.6 is 30.8 Å². The quantitative estimate of drug-likeness (QED) is 0.174. The lowest BCUT2D eigenvalue weighted by atomic mass is 10.2. The van der Waals surface area contributed by atoms with Crippen LogP contribution in [-0.4, -0.2) is 9.36 Å². The molecular weight excluding hydrogens is 568 g/mol. The molecule has 0 saturated carbocycles. The maximum absolute atomic E-state index is 15.0. The fraction of sp³-hybridized carbons (Fsp3) is 0.100. The molecule has 0 bridgehead atoms. The van der Waals surface area contributed by atoms with Gasteiger partial charge in [-0.1, -0.05) is 83.9 Å². The minimum absolute atomic E-state index is 0.218. The zero-order valence-corrected chi connectivity index (χ0v) is 24.1. The van der Waals surface area contributed by atoms with E-state index in [-0.39, 0.29) is 16.3 Å². The first-order chi connectivity index (χ1) is 19.3. The van der Waals surface area contributed by atoms with E-state index < -0.39 is 13.4 Å². The third-order valence-electron chi connectivity index (χ3n) is 6.36. The summed E-state index contributed by atoms with van der Waals surface area (Å²) in [7, 11) is -2.44. The van der Waals surface area contributed by atoms with Crippen molar-refractivity contribution in [3.8, 4) is 17.2 Å². The molecule has 40 heavy (non-hydrogen) atoms. The van der Waals surface area contributed by atoms with Crippen molar-refractivity contribution in [2.75, 3.05) is 5.32 Å². The molecule has 1 heterocycles. The molecule has 7 nitrogen and oxygen atoms in total. The highest BCUT2D eigenvalue weighted by Gasteiger charge is 2.43. The maximum atomic E-state index is 15.0. The van der Waals surface area contributed by atoms with Crippen LogP contribution in [0.15, 0.2) is 114 Å². The van der Waals surface area contributed by atoms with Crippen LogP contribution in [0.25, 0.3) is 5.69 Å². The third kappa shape index (κ3) is 5.68. The lowest BCUT2D eigenvalue weighted by Crippen LogP contribution is -2.24. The minimum Gasteiger partial charge on any atom is -0.414 e. The number of benzene rings is 4. The molecule has 10 heteroatoms. The summed E-state index contributed by atoms with van der Waals surface area (Å²) in [6.07, 6.45) is 0. The monoisotopic (exact) mass is 593 g/mol. The first kappa shape index (κ1) is 27.7. The SMILES string of the molecule is Cc1c(NC(c2ccc(Cl)cc2Cl)P(=O)(Oc2ccccc2)Oc2ccccc2)c(=O)n(-c2ccccc2)n1C. The second kappa shape index (κ2) is 11.7. The lowest BCUT2D eigenvalue weighted by Gasteiger charge is -2.29. The van der Waals surface area contributed by atoms with E-state index >= 15 is 0 Å². The molecule has 4 aromatic carbocycles. The zero-order chi connectivity index (χ0) is 28.3. The number of aromatic nitrogens is 2. The van der Waals surface area contributed by atoms with Gasteiger partial charge in [0.15, 0.2) is 5.78 Å². The largest absolute Gasteiger partial charge is 0.457 e. The highest BCUT2D eigenvalue weighted by atomic mass is 35.5. The number of para-hydroxylation sites is 3. The van der Waals surface area contributed by atoms with Gasteiger partial charge in [0.05, 0.1) is 11.4 Å². The van der Waals surface area contributed by atoms with Crippen molar-refractivity contribution < 1.29 is 13.6 Å². The molecule has 5 aromatic rings. The Morgan fingerprint density at radius 1 is 0.800 bits per heavy atom. The fourth-order valence-corrected chi connectivity index (χ4v) is 6.83. The summed E-state index contributed by atoms with van der Waals surface area (Å²) in [6, 6.07) is 31.5. The summed E-state index contributed by atoms with van der Waals surface area (Å²) in [5.74, 6) is -0.550. The van der Waals surface area contributed by atoms with Crippen LogP contribution in [0, 0.1) is 6.92 Å². The number of rotatable bonds is 9. The molecule has 0 aliphatic heterocycles. The van der Waals surface area contributed by atoms with Crippen molar-refractivity contribution in [1.29, 1.82) is 0 Å². The average molecular weight is 594 g/mol. The van der Waals surface area contributed by atoms with Gasteiger partial charge in [0.1, 0.15) is 17.2 Å². The third-order valence-corrected chi connectivity index (χ3v) is 8.89. The standard InChI is InChI=1S/C30H26Cl2N3O4P/c1-21-28(30(36)35(34(21)2)23-12-6-3-7-13-23)33-29(26-19-18-22(31)20-27(26)32)40(37,38-24-14-8-4-9-15-24)39-25-16-10-5-11-17-25/h3-20,29,33H,1-2H3. The first-order valence-corrected chi connectivity index (χ1v) is 14.8. The van der Waals surface area contributed by atoms with Gasteiger partial charge < -0.3 is 14.4 Å². The van der Waals surface area contributed by atoms with Gasteiger partial charge in [0.2, 0.25) is 0 Å². The normalized spacial score (nSPS) is 12.1. The van der Waals surface area contributed by atoms with Crippen LogP contribution in [-0.2, 0) is 11.6 Å². The number of hydrogen-bond donors (Lipinski definition) is 1. The van der Waals surface area contributed by atoms with E-state index in [0.29, 0.717) is 33.5 Å². The summed E-state index contributed by atoms with van der Waals surface area (Å²) in [5.41, 5.74) is 1.55. The minimum atomic E-state index is -4.22. The Morgan fingerprint density at radius 2 is 1.32 bits per heavy atom. The van der Waals surface area contributed by atoms with E-state index in [9.17, 15) is 9.36 Å². The molecule has 1 atom stereocenters. The fourth-order valence-electron chi connectivity index (χ4n) is 4.30. The van der Waals surface area contributed by atoms with Crippen molar-refractivity contribution >= 4 is 36.5 Å². The second-order valence-electron chi connectivity index (χ2n) is 9.00. The summed E-state index contributed by atoms with van der Waals surface area (Å²) < 4.78 is 30.5. The van der Waals surface area contributed by atoms with E-state index in [1.54, 1.807) is 85.4 Å². The topological polar surface area (TPSA) is 74.5 Å².